The Balaban J connectivity index is 2.23. The molecule has 106 valence electrons. The highest BCUT2D eigenvalue weighted by atomic mass is 32.2. The fourth-order valence-electron chi connectivity index (χ4n) is 2.13. The van der Waals surface area contributed by atoms with Crippen LogP contribution in [-0.4, -0.2) is 31.9 Å². The second-order valence-electron chi connectivity index (χ2n) is 5.01. The molecule has 0 aromatic heterocycles. The van der Waals surface area contributed by atoms with Crippen molar-refractivity contribution < 1.29 is 13.7 Å². The highest BCUT2D eigenvalue weighted by Crippen LogP contribution is 2.38. The van der Waals surface area contributed by atoms with Gasteiger partial charge in [-0.1, -0.05) is 6.42 Å². The molecule has 2 atom stereocenters. The monoisotopic (exact) mass is 292 g/mol. The van der Waals surface area contributed by atoms with Gasteiger partial charge in [-0.05, 0) is 45.8 Å². The maximum atomic E-state index is 12.3. The van der Waals surface area contributed by atoms with E-state index in [1.54, 1.807) is 0 Å². The number of hydrogen-bond donors (Lipinski definition) is 0. The lowest BCUT2D eigenvalue weighted by molar-refractivity contribution is -0.143. The van der Waals surface area contributed by atoms with Crippen molar-refractivity contribution in [1.82, 2.24) is 0 Å². The first-order valence-electron chi connectivity index (χ1n) is 6.67. The molecule has 1 aliphatic heterocycles. The van der Waals surface area contributed by atoms with E-state index < -0.39 is 10.8 Å². The summed E-state index contributed by atoms with van der Waals surface area (Å²) in [5.41, 5.74) is 0. The number of hydrogen-bond acceptors (Lipinski definition) is 4. The van der Waals surface area contributed by atoms with Crippen LogP contribution in [0.2, 0.25) is 0 Å². The summed E-state index contributed by atoms with van der Waals surface area (Å²) in [6, 6.07) is 0. The fraction of sp³-hybridized carbons (Fsp3) is 0.923. The van der Waals surface area contributed by atoms with Gasteiger partial charge in [0.1, 0.15) is 0 Å². The highest BCUT2D eigenvalue weighted by Gasteiger charge is 2.36. The van der Waals surface area contributed by atoms with E-state index in [0.717, 1.165) is 31.4 Å². The van der Waals surface area contributed by atoms with Crippen molar-refractivity contribution >= 4 is 28.5 Å². The number of thioether (sulfide) groups is 1. The van der Waals surface area contributed by atoms with Crippen molar-refractivity contribution in [2.24, 2.45) is 0 Å². The molecular weight excluding hydrogens is 268 g/mol. The average molecular weight is 292 g/mol. The quantitative estimate of drug-likeness (QED) is 0.557. The Morgan fingerprint density at radius 2 is 2.17 bits per heavy atom. The van der Waals surface area contributed by atoms with Crippen LogP contribution in [0.1, 0.15) is 52.9 Å². The van der Waals surface area contributed by atoms with Crippen molar-refractivity contribution in [3.05, 3.63) is 0 Å². The van der Waals surface area contributed by atoms with Crippen molar-refractivity contribution in [2.75, 3.05) is 12.4 Å². The van der Waals surface area contributed by atoms with E-state index in [2.05, 4.69) is 13.8 Å². The Hall–Kier alpha value is -0.0300. The summed E-state index contributed by atoms with van der Waals surface area (Å²) in [5.74, 6) is 0.986. The maximum Gasteiger partial charge on any atom is 0.305 e. The van der Waals surface area contributed by atoms with Crippen molar-refractivity contribution in [3.8, 4) is 0 Å². The molecule has 0 amide bonds. The molecule has 18 heavy (non-hydrogen) atoms. The minimum absolute atomic E-state index is 0.107. The first-order valence-corrected chi connectivity index (χ1v) is 8.87. The number of esters is 1. The van der Waals surface area contributed by atoms with Gasteiger partial charge < -0.3 is 4.74 Å². The van der Waals surface area contributed by atoms with Crippen LogP contribution >= 0.6 is 11.8 Å². The molecule has 0 aromatic rings. The fourth-order valence-corrected chi connectivity index (χ4v) is 5.81. The number of rotatable bonds is 6. The lowest BCUT2D eigenvalue weighted by atomic mass is 10.1. The Bertz CT molecular complexity index is 303. The molecule has 0 saturated carbocycles. The summed E-state index contributed by atoms with van der Waals surface area (Å²) in [4.78, 5) is 11.2. The van der Waals surface area contributed by atoms with E-state index in [9.17, 15) is 9.00 Å². The summed E-state index contributed by atoms with van der Waals surface area (Å²) < 4.78 is 17.1. The van der Waals surface area contributed by atoms with Crippen LogP contribution in [0.15, 0.2) is 0 Å². The van der Waals surface area contributed by atoms with Gasteiger partial charge in [0.25, 0.3) is 0 Å². The Kier molecular flexibility index (Phi) is 6.71. The molecule has 1 heterocycles. The minimum Gasteiger partial charge on any atom is -0.466 e. The number of ether oxygens (including phenoxy) is 1. The lowest BCUT2D eigenvalue weighted by Crippen LogP contribution is -2.36. The van der Waals surface area contributed by atoms with Crippen LogP contribution in [-0.2, 0) is 20.3 Å². The normalized spacial score (nSPS) is 26.8. The van der Waals surface area contributed by atoms with E-state index in [-0.39, 0.29) is 10.0 Å². The third-order valence-electron chi connectivity index (χ3n) is 3.14. The maximum absolute atomic E-state index is 12.3. The van der Waals surface area contributed by atoms with Crippen LogP contribution < -0.4 is 0 Å². The predicted octanol–water partition coefficient (Wildman–Crippen LogP) is 3.10. The molecule has 0 aromatic carbocycles. The average Bonchev–Trinajstić information content (AvgIpc) is 2.30. The lowest BCUT2D eigenvalue weighted by Gasteiger charge is -2.33. The zero-order chi connectivity index (χ0) is 13.6. The first-order chi connectivity index (χ1) is 8.47. The largest absolute Gasteiger partial charge is 0.466 e. The second-order valence-corrected chi connectivity index (χ2v) is 9.27. The van der Waals surface area contributed by atoms with Crippen LogP contribution in [0, 0.1) is 0 Å². The number of carbonyl (C=O) groups excluding carboxylic acids is 1. The summed E-state index contributed by atoms with van der Waals surface area (Å²) >= 11 is 1.81. The predicted molar refractivity (Wildman–Crippen MR) is 78.2 cm³/mol. The molecular formula is C13H24O3S2. The Morgan fingerprint density at radius 1 is 1.44 bits per heavy atom. The SMILES string of the molecule is CCOC(=O)CCCCC1CCSC(C)(C)S1=O. The minimum atomic E-state index is -0.759. The zero-order valence-electron chi connectivity index (χ0n) is 11.6. The Labute approximate surface area is 117 Å². The molecule has 3 nitrogen and oxygen atoms in total. The molecule has 1 saturated heterocycles. The van der Waals surface area contributed by atoms with E-state index in [0.29, 0.717) is 18.3 Å². The molecule has 0 radical (unpaired) electrons. The third kappa shape index (κ3) is 4.92. The van der Waals surface area contributed by atoms with Gasteiger partial charge in [-0.15, -0.1) is 11.8 Å². The molecule has 2 unspecified atom stereocenters. The van der Waals surface area contributed by atoms with Gasteiger partial charge in [0.05, 0.1) is 10.7 Å². The molecule has 1 fully saturated rings. The molecule has 0 spiro atoms. The Morgan fingerprint density at radius 3 is 2.83 bits per heavy atom. The van der Waals surface area contributed by atoms with E-state index in [4.69, 9.17) is 4.74 Å². The zero-order valence-corrected chi connectivity index (χ0v) is 13.2. The van der Waals surface area contributed by atoms with Crippen LogP contribution in [0.5, 0.6) is 0 Å². The topological polar surface area (TPSA) is 43.4 Å². The van der Waals surface area contributed by atoms with Crippen LogP contribution in [0.3, 0.4) is 0 Å². The smallest absolute Gasteiger partial charge is 0.305 e. The highest BCUT2D eigenvalue weighted by molar-refractivity contribution is 8.13. The molecule has 0 N–H and O–H groups in total. The number of unbranched alkanes of at least 4 members (excludes halogenated alkanes) is 1. The van der Waals surface area contributed by atoms with Crippen LogP contribution in [0.4, 0.5) is 0 Å². The molecule has 0 bridgehead atoms. The second kappa shape index (κ2) is 7.53. The third-order valence-corrected chi connectivity index (χ3v) is 7.17. The van der Waals surface area contributed by atoms with Gasteiger partial charge in [0, 0.05) is 22.5 Å². The standard InChI is InChI=1S/C13H24O3S2/c1-4-16-12(14)8-6-5-7-11-9-10-17-13(2,3)18(11)15/h11H,4-10H2,1-3H3. The van der Waals surface area contributed by atoms with Gasteiger partial charge in [0.2, 0.25) is 0 Å². The summed E-state index contributed by atoms with van der Waals surface area (Å²) in [6.45, 7) is 6.41. The number of carbonyl (C=O) groups is 1. The van der Waals surface area contributed by atoms with Crippen molar-refractivity contribution in [3.63, 3.8) is 0 Å². The van der Waals surface area contributed by atoms with E-state index in [1.807, 2.05) is 18.7 Å². The van der Waals surface area contributed by atoms with Gasteiger partial charge in [-0.3, -0.25) is 9.00 Å². The van der Waals surface area contributed by atoms with Crippen molar-refractivity contribution in [2.45, 2.75) is 62.2 Å². The molecule has 5 heteroatoms. The summed E-state index contributed by atoms with van der Waals surface area (Å²) in [6.07, 6.45) is 4.32. The van der Waals surface area contributed by atoms with E-state index in [1.165, 1.54) is 0 Å². The summed E-state index contributed by atoms with van der Waals surface area (Å²) in [7, 11) is -0.759. The van der Waals surface area contributed by atoms with Gasteiger partial charge in [-0.2, -0.15) is 0 Å². The first kappa shape index (κ1) is 16.0. The van der Waals surface area contributed by atoms with Gasteiger partial charge in [0.15, 0.2) is 0 Å². The van der Waals surface area contributed by atoms with E-state index >= 15 is 0 Å². The van der Waals surface area contributed by atoms with Crippen molar-refractivity contribution in [1.29, 1.82) is 0 Å². The summed E-state index contributed by atoms with van der Waals surface area (Å²) in [5, 5.41) is 0.309. The van der Waals surface area contributed by atoms with Gasteiger partial charge >= 0.3 is 5.97 Å². The molecule has 1 aliphatic rings. The molecule has 1 rings (SSSR count). The van der Waals surface area contributed by atoms with Crippen LogP contribution in [0.25, 0.3) is 0 Å². The molecule has 0 aliphatic carbocycles. The van der Waals surface area contributed by atoms with Gasteiger partial charge in [-0.25, -0.2) is 0 Å².